The molecule has 0 amide bonds. The van der Waals surface area contributed by atoms with Crippen LogP contribution in [0.5, 0.6) is 0 Å². The molecule has 0 aliphatic rings. The van der Waals surface area contributed by atoms with Crippen LogP contribution in [0.3, 0.4) is 0 Å². The fourth-order valence-corrected chi connectivity index (χ4v) is 2.10. The first-order chi connectivity index (χ1) is 10.1. The summed E-state index contributed by atoms with van der Waals surface area (Å²) in [6.07, 6.45) is 0. The standard InChI is InChI=1S/C16H9ClF2N2/c17-15-9-14(10-1-5-12(18)6-2-10)20-16(21-15)11-3-7-13(19)8-4-11/h1-9H. The molecule has 0 unspecified atom stereocenters. The topological polar surface area (TPSA) is 25.8 Å². The van der Waals surface area contributed by atoms with E-state index in [0.29, 0.717) is 17.1 Å². The second-order valence-electron chi connectivity index (χ2n) is 4.41. The molecule has 0 bridgehead atoms. The zero-order valence-corrected chi connectivity index (χ0v) is 11.5. The van der Waals surface area contributed by atoms with E-state index >= 15 is 0 Å². The molecule has 0 N–H and O–H groups in total. The lowest BCUT2D eigenvalue weighted by atomic mass is 10.1. The summed E-state index contributed by atoms with van der Waals surface area (Å²) in [7, 11) is 0. The maximum absolute atomic E-state index is 13.0. The molecule has 2 nitrogen and oxygen atoms in total. The van der Waals surface area contributed by atoms with E-state index in [1.54, 1.807) is 30.3 Å². The predicted octanol–water partition coefficient (Wildman–Crippen LogP) is 4.74. The van der Waals surface area contributed by atoms with E-state index in [4.69, 9.17) is 11.6 Å². The van der Waals surface area contributed by atoms with Gasteiger partial charge in [-0.2, -0.15) is 0 Å². The van der Waals surface area contributed by atoms with Crippen molar-refractivity contribution >= 4 is 11.6 Å². The summed E-state index contributed by atoms with van der Waals surface area (Å²) in [4.78, 5) is 8.53. The predicted molar refractivity (Wildman–Crippen MR) is 77.8 cm³/mol. The minimum Gasteiger partial charge on any atom is -0.228 e. The molecule has 0 aliphatic heterocycles. The third kappa shape index (κ3) is 3.06. The monoisotopic (exact) mass is 302 g/mol. The summed E-state index contributed by atoms with van der Waals surface area (Å²) in [6, 6.07) is 13.3. The van der Waals surface area contributed by atoms with Gasteiger partial charge in [-0.05, 0) is 48.5 Å². The zero-order chi connectivity index (χ0) is 14.8. The molecule has 21 heavy (non-hydrogen) atoms. The van der Waals surface area contributed by atoms with Crippen molar-refractivity contribution in [2.24, 2.45) is 0 Å². The first-order valence-electron chi connectivity index (χ1n) is 6.18. The van der Waals surface area contributed by atoms with Gasteiger partial charge in [0.15, 0.2) is 5.82 Å². The molecular weight excluding hydrogens is 294 g/mol. The van der Waals surface area contributed by atoms with Crippen molar-refractivity contribution in [1.82, 2.24) is 9.97 Å². The van der Waals surface area contributed by atoms with Gasteiger partial charge in [0.2, 0.25) is 0 Å². The largest absolute Gasteiger partial charge is 0.228 e. The molecule has 0 radical (unpaired) electrons. The van der Waals surface area contributed by atoms with Gasteiger partial charge in [-0.15, -0.1) is 0 Å². The second-order valence-corrected chi connectivity index (χ2v) is 4.80. The summed E-state index contributed by atoms with van der Waals surface area (Å²) < 4.78 is 25.9. The van der Waals surface area contributed by atoms with Crippen LogP contribution < -0.4 is 0 Å². The molecule has 3 rings (SSSR count). The van der Waals surface area contributed by atoms with E-state index in [2.05, 4.69) is 9.97 Å². The highest BCUT2D eigenvalue weighted by Gasteiger charge is 2.08. The fourth-order valence-electron chi connectivity index (χ4n) is 1.91. The van der Waals surface area contributed by atoms with Crippen molar-refractivity contribution in [3.05, 3.63) is 71.4 Å². The Kier molecular flexibility index (Phi) is 3.62. The number of halogens is 3. The lowest BCUT2D eigenvalue weighted by Gasteiger charge is -2.06. The van der Waals surface area contributed by atoms with Crippen LogP contribution in [0.1, 0.15) is 0 Å². The Hall–Kier alpha value is -2.33. The number of hydrogen-bond donors (Lipinski definition) is 0. The number of rotatable bonds is 2. The quantitative estimate of drug-likeness (QED) is 0.639. The summed E-state index contributed by atoms with van der Waals surface area (Å²) in [5.41, 5.74) is 1.96. The van der Waals surface area contributed by atoms with Crippen LogP contribution in [0.4, 0.5) is 8.78 Å². The molecule has 1 aromatic heterocycles. The average molecular weight is 303 g/mol. The van der Waals surface area contributed by atoms with Crippen LogP contribution in [0, 0.1) is 11.6 Å². The van der Waals surface area contributed by atoms with Gasteiger partial charge in [0.05, 0.1) is 5.69 Å². The number of aromatic nitrogens is 2. The molecular formula is C16H9ClF2N2. The molecule has 0 saturated carbocycles. The first-order valence-corrected chi connectivity index (χ1v) is 6.56. The summed E-state index contributed by atoms with van der Waals surface area (Å²) in [5, 5.41) is 0.267. The van der Waals surface area contributed by atoms with Crippen LogP contribution in [0.15, 0.2) is 54.6 Å². The van der Waals surface area contributed by atoms with E-state index < -0.39 is 0 Å². The Morgan fingerprint density at radius 2 is 1.24 bits per heavy atom. The minimum atomic E-state index is -0.334. The van der Waals surface area contributed by atoms with Crippen LogP contribution >= 0.6 is 11.6 Å². The van der Waals surface area contributed by atoms with Crippen molar-refractivity contribution in [1.29, 1.82) is 0 Å². The van der Waals surface area contributed by atoms with Crippen molar-refractivity contribution < 1.29 is 8.78 Å². The number of nitrogens with zero attached hydrogens (tertiary/aromatic N) is 2. The molecule has 0 spiro atoms. The molecule has 3 aromatic rings. The molecule has 0 atom stereocenters. The maximum Gasteiger partial charge on any atom is 0.161 e. The highest BCUT2D eigenvalue weighted by molar-refractivity contribution is 6.29. The Morgan fingerprint density at radius 3 is 1.81 bits per heavy atom. The first kappa shape index (κ1) is 13.6. The summed E-state index contributed by atoms with van der Waals surface area (Å²) in [6.45, 7) is 0. The summed E-state index contributed by atoms with van der Waals surface area (Å²) >= 11 is 6.01. The Balaban J connectivity index is 2.07. The molecule has 0 fully saturated rings. The zero-order valence-electron chi connectivity index (χ0n) is 10.7. The van der Waals surface area contributed by atoms with E-state index in [-0.39, 0.29) is 16.8 Å². The average Bonchev–Trinajstić information content (AvgIpc) is 2.48. The molecule has 5 heteroatoms. The van der Waals surface area contributed by atoms with E-state index in [1.807, 2.05) is 0 Å². The fraction of sp³-hybridized carbons (Fsp3) is 0. The lowest BCUT2D eigenvalue weighted by Crippen LogP contribution is -1.93. The van der Waals surface area contributed by atoms with Gasteiger partial charge in [-0.25, -0.2) is 18.7 Å². The van der Waals surface area contributed by atoms with Crippen LogP contribution in [0.25, 0.3) is 22.6 Å². The van der Waals surface area contributed by atoms with Gasteiger partial charge >= 0.3 is 0 Å². The SMILES string of the molecule is Fc1ccc(-c2cc(Cl)nc(-c3ccc(F)cc3)n2)cc1. The Bertz CT molecular complexity index is 708. The van der Waals surface area contributed by atoms with Crippen molar-refractivity contribution in [2.75, 3.05) is 0 Å². The third-order valence-electron chi connectivity index (χ3n) is 2.94. The second kappa shape index (κ2) is 5.58. The highest BCUT2D eigenvalue weighted by Crippen LogP contribution is 2.24. The molecule has 0 aliphatic carbocycles. The third-order valence-corrected chi connectivity index (χ3v) is 3.13. The van der Waals surface area contributed by atoms with E-state index in [1.165, 1.54) is 24.3 Å². The maximum atomic E-state index is 13.0. The number of benzene rings is 2. The molecule has 0 saturated heterocycles. The van der Waals surface area contributed by atoms with Crippen LogP contribution in [-0.2, 0) is 0 Å². The highest BCUT2D eigenvalue weighted by atomic mass is 35.5. The van der Waals surface area contributed by atoms with Gasteiger partial charge in [0.25, 0.3) is 0 Å². The minimum absolute atomic E-state index is 0.267. The van der Waals surface area contributed by atoms with E-state index in [9.17, 15) is 8.78 Å². The van der Waals surface area contributed by atoms with Gasteiger partial charge in [0.1, 0.15) is 16.8 Å². The smallest absolute Gasteiger partial charge is 0.161 e. The Morgan fingerprint density at radius 1 is 0.714 bits per heavy atom. The van der Waals surface area contributed by atoms with Crippen LogP contribution in [-0.4, -0.2) is 9.97 Å². The Labute approximate surface area is 125 Å². The van der Waals surface area contributed by atoms with E-state index in [0.717, 1.165) is 5.56 Å². The lowest BCUT2D eigenvalue weighted by molar-refractivity contribution is 0.627. The molecule has 2 aromatic carbocycles. The molecule has 104 valence electrons. The van der Waals surface area contributed by atoms with Crippen molar-refractivity contribution in [2.45, 2.75) is 0 Å². The van der Waals surface area contributed by atoms with Gasteiger partial charge < -0.3 is 0 Å². The van der Waals surface area contributed by atoms with Crippen molar-refractivity contribution in [3.63, 3.8) is 0 Å². The van der Waals surface area contributed by atoms with Crippen molar-refractivity contribution in [3.8, 4) is 22.6 Å². The van der Waals surface area contributed by atoms with Gasteiger partial charge in [-0.1, -0.05) is 11.6 Å². The van der Waals surface area contributed by atoms with Gasteiger partial charge in [-0.3, -0.25) is 0 Å². The van der Waals surface area contributed by atoms with Crippen LogP contribution in [0.2, 0.25) is 5.15 Å². The van der Waals surface area contributed by atoms with Gasteiger partial charge in [0, 0.05) is 17.2 Å². The normalized spacial score (nSPS) is 10.6. The molecule has 1 heterocycles. The summed E-state index contributed by atoms with van der Waals surface area (Å²) in [5.74, 6) is -0.265. The number of hydrogen-bond acceptors (Lipinski definition) is 2.